The Bertz CT molecular complexity index is 265. The van der Waals surface area contributed by atoms with E-state index in [2.05, 4.69) is 0 Å². The van der Waals surface area contributed by atoms with Gasteiger partial charge in [-0.1, -0.05) is 0 Å². The Balaban J connectivity index is 3.15. The number of rotatable bonds is 1. The molecule has 0 fully saturated rings. The smallest absolute Gasteiger partial charge is 0.0880 e. The van der Waals surface area contributed by atoms with Crippen LogP contribution in [0.5, 0.6) is 0 Å². The molecule has 54 valence electrons. The van der Waals surface area contributed by atoms with Crippen LogP contribution in [0.4, 0.5) is 5.69 Å². The number of carboxylic acids is 1. The van der Waals surface area contributed by atoms with Crippen molar-refractivity contribution < 1.29 is 9.90 Å². The number of carboxylic acid groups (broad SMARTS) is 1. The maximum Gasteiger partial charge on any atom is 0.0880 e. The van der Waals surface area contributed by atoms with Crippen LogP contribution in [-0.4, -0.2) is 10.5 Å². The molecule has 0 aliphatic carbocycles. The second-order valence-corrected chi connectivity index (χ2v) is 2.06. The first-order valence-corrected chi connectivity index (χ1v) is 2.74. The maximum atomic E-state index is 10.2. The fraction of sp³-hybridized carbons (Fsp3) is 0.167. The summed E-state index contributed by atoms with van der Waals surface area (Å²) in [7, 11) is 1.60. The van der Waals surface area contributed by atoms with E-state index in [0.29, 0.717) is 5.69 Å². The van der Waals surface area contributed by atoms with Gasteiger partial charge >= 0.3 is 0 Å². The standard InChI is InChI=1S/C6H8N2O2/c1-8-3-4(7)2-5(8)6(9)10/h2-3H,7H2,1H3,(H,9,10)/p-1. The van der Waals surface area contributed by atoms with Crippen LogP contribution in [0, 0.1) is 0 Å². The lowest BCUT2D eigenvalue weighted by molar-refractivity contribution is -0.255. The van der Waals surface area contributed by atoms with Gasteiger partial charge in [-0.15, -0.1) is 0 Å². The molecule has 0 aliphatic heterocycles. The summed E-state index contributed by atoms with van der Waals surface area (Å²) in [4.78, 5) is 10.2. The van der Waals surface area contributed by atoms with E-state index in [1.807, 2.05) is 0 Å². The van der Waals surface area contributed by atoms with E-state index in [1.54, 1.807) is 7.05 Å². The third-order valence-electron chi connectivity index (χ3n) is 1.24. The summed E-state index contributed by atoms with van der Waals surface area (Å²) >= 11 is 0. The van der Waals surface area contributed by atoms with Gasteiger partial charge in [-0.05, 0) is 6.07 Å². The van der Waals surface area contributed by atoms with Gasteiger partial charge in [-0.3, -0.25) is 0 Å². The molecule has 10 heavy (non-hydrogen) atoms. The maximum absolute atomic E-state index is 10.2. The van der Waals surface area contributed by atoms with E-state index in [4.69, 9.17) is 5.73 Å². The van der Waals surface area contributed by atoms with Gasteiger partial charge in [0, 0.05) is 13.2 Å². The van der Waals surface area contributed by atoms with Crippen LogP contribution >= 0.6 is 0 Å². The molecule has 0 aliphatic rings. The fourth-order valence-corrected chi connectivity index (χ4v) is 0.793. The molecule has 0 saturated heterocycles. The van der Waals surface area contributed by atoms with Crippen LogP contribution in [-0.2, 0) is 7.05 Å². The van der Waals surface area contributed by atoms with Crippen LogP contribution in [0.3, 0.4) is 0 Å². The lowest BCUT2D eigenvalue weighted by Gasteiger charge is -2.00. The number of hydrogen-bond donors (Lipinski definition) is 1. The molecule has 4 heteroatoms. The molecule has 0 amide bonds. The van der Waals surface area contributed by atoms with Crippen LogP contribution < -0.4 is 10.8 Å². The van der Waals surface area contributed by atoms with Crippen LogP contribution in [0.25, 0.3) is 0 Å². The summed E-state index contributed by atoms with van der Waals surface area (Å²) in [6, 6.07) is 1.36. The molecule has 2 N–H and O–H groups in total. The summed E-state index contributed by atoms with van der Waals surface area (Å²) in [5.41, 5.74) is 5.83. The molecular formula is C6H7N2O2-. The second-order valence-electron chi connectivity index (χ2n) is 2.06. The Hall–Kier alpha value is -1.45. The Morgan fingerprint density at radius 3 is 2.60 bits per heavy atom. The van der Waals surface area contributed by atoms with E-state index in [0.717, 1.165) is 0 Å². The van der Waals surface area contributed by atoms with Gasteiger partial charge in [0.1, 0.15) is 0 Å². The molecule has 0 saturated carbocycles. The summed E-state index contributed by atoms with van der Waals surface area (Å²) in [5.74, 6) is -1.21. The van der Waals surface area contributed by atoms with Crippen molar-refractivity contribution in [1.82, 2.24) is 4.57 Å². The van der Waals surface area contributed by atoms with Crippen molar-refractivity contribution in [3.05, 3.63) is 18.0 Å². The molecule has 1 aromatic heterocycles. The highest BCUT2D eigenvalue weighted by Gasteiger charge is 1.99. The normalized spacial score (nSPS) is 9.70. The third-order valence-corrected chi connectivity index (χ3v) is 1.24. The summed E-state index contributed by atoms with van der Waals surface area (Å²) < 4.78 is 1.41. The van der Waals surface area contributed by atoms with Gasteiger partial charge in [-0.25, -0.2) is 0 Å². The number of nitrogens with zero attached hydrogens (tertiary/aromatic N) is 1. The predicted molar refractivity (Wildman–Crippen MR) is 34.2 cm³/mol. The highest BCUT2D eigenvalue weighted by atomic mass is 16.4. The monoisotopic (exact) mass is 139 g/mol. The lowest BCUT2D eigenvalue weighted by Crippen LogP contribution is -2.24. The fourth-order valence-electron chi connectivity index (χ4n) is 0.793. The lowest BCUT2D eigenvalue weighted by atomic mass is 10.4. The van der Waals surface area contributed by atoms with E-state index in [1.165, 1.54) is 16.8 Å². The number of hydrogen-bond acceptors (Lipinski definition) is 3. The summed E-state index contributed by atoms with van der Waals surface area (Å²) in [6.45, 7) is 0. The van der Waals surface area contributed by atoms with Crippen LogP contribution in [0.1, 0.15) is 10.5 Å². The molecule has 0 aromatic carbocycles. The van der Waals surface area contributed by atoms with Crippen molar-refractivity contribution >= 4 is 11.7 Å². The topological polar surface area (TPSA) is 71.1 Å². The summed E-state index contributed by atoms with van der Waals surface area (Å²) in [6.07, 6.45) is 1.52. The van der Waals surface area contributed by atoms with Gasteiger partial charge in [0.25, 0.3) is 0 Å². The number of aromatic carboxylic acids is 1. The van der Waals surface area contributed by atoms with Crippen molar-refractivity contribution in [2.45, 2.75) is 0 Å². The molecule has 0 atom stereocenters. The average molecular weight is 139 g/mol. The van der Waals surface area contributed by atoms with Gasteiger partial charge in [0.15, 0.2) is 0 Å². The molecule has 0 bridgehead atoms. The number of nitrogen functional groups attached to an aromatic ring is 1. The van der Waals surface area contributed by atoms with E-state index in [9.17, 15) is 9.90 Å². The minimum atomic E-state index is -1.21. The van der Waals surface area contributed by atoms with Gasteiger partial charge < -0.3 is 20.2 Å². The van der Waals surface area contributed by atoms with Gasteiger partial charge in [0.2, 0.25) is 0 Å². The minimum Gasteiger partial charge on any atom is -0.543 e. The first-order chi connectivity index (χ1) is 4.61. The Morgan fingerprint density at radius 1 is 1.80 bits per heavy atom. The predicted octanol–water partition coefficient (Wildman–Crippen LogP) is -1.03. The van der Waals surface area contributed by atoms with Crippen molar-refractivity contribution in [3.63, 3.8) is 0 Å². The van der Waals surface area contributed by atoms with Crippen molar-refractivity contribution in [2.75, 3.05) is 5.73 Å². The third kappa shape index (κ3) is 0.953. The number of carbonyl (C=O) groups excluding carboxylic acids is 1. The zero-order valence-corrected chi connectivity index (χ0v) is 5.50. The highest BCUT2D eigenvalue weighted by Crippen LogP contribution is 2.06. The van der Waals surface area contributed by atoms with Crippen LogP contribution in [0.2, 0.25) is 0 Å². The number of nitrogens with two attached hydrogens (primary N) is 1. The summed E-state index contributed by atoms with van der Waals surface area (Å²) in [5, 5.41) is 10.2. The molecule has 1 aromatic rings. The van der Waals surface area contributed by atoms with Crippen molar-refractivity contribution in [1.29, 1.82) is 0 Å². The first-order valence-electron chi connectivity index (χ1n) is 2.74. The van der Waals surface area contributed by atoms with E-state index < -0.39 is 5.97 Å². The zero-order valence-electron chi connectivity index (χ0n) is 5.50. The molecule has 1 heterocycles. The van der Waals surface area contributed by atoms with Crippen molar-refractivity contribution in [2.24, 2.45) is 7.05 Å². The van der Waals surface area contributed by atoms with E-state index in [-0.39, 0.29) is 5.69 Å². The molecule has 0 radical (unpaired) electrons. The Labute approximate surface area is 57.9 Å². The first kappa shape index (κ1) is 6.67. The number of carbonyl (C=O) groups is 1. The number of aromatic nitrogens is 1. The molecule has 1 rings (SSSR count). The van der Waals surface area contributed by atoms with Gasteiger partial charge in [-0.2, -0.15) is 0 Å². The molecule has 0 spiro atoms. The molecular weight excluding hydrogens is 132 g/mol. The SMILES string of the molecule is Cn1cc(N)cc1C(=O)[O-]. The zero-order chi connectivity index (χ0) is 7.72. The quantitative estimate of drug-likeness (QED) is 0.540. The van der Waals surface area contributed by atoms with E-state index >= 15 is 0 Å². The molecule has 0 unspecified atom stereocenters. The van der Waals surface area contributed by atoms with Gasteiger partial charge in [0.05, 0.1) is 17.4 Å². The number of anilines is 1. The minimum absolute atomic E-state index is 0.0949. The van der Waals surface area contributed by atoms with Crippen molar-refractivity contribution in [3.8, 4) is 0 Å². The second kappa shape index (κ2) is 2.06. The Morgan fingerprint density at radius 2 is 2.40 bits per heavy atom. The average Bonchev–Trinajstić information content (AvgIpc) is 2.10. The van der Waals surface area contributed by atoms with Crippen LogP contribution in [0.15, 0.2) is 12.3 Å². The number of aryl methyl sites for hydroxylation is 1. The molecule has 4 nitrogen and oxygen atoms in total. The Kier molecular flexibility index (Phi) is 1.37. The highest BCUT2D eigenvalue weighted by molar-refractivity contribution is 5.85. The largest absolute Gasteiger partial charge is 0.543 e.